The van der Waals surface area contributed by atoms with Crippen molar-refractivity contribution in [3.63, 3.8) is 0 Å². The van der Waals surface area contributed by atoms with Gasteiger partial charge in [0.15, 0.2) is 0 Å². The summed E-state index contributed by atoms with van der Waals surface area (Å²) in [4.78, 5) is 27.9. The van der Waals surface area contributed by atoms with Crippen LogP contribution in [-0.2, 0) is 11.2 Å². The molecule has 2 atom stereocenters. The van der Waals surface area contributed by atoms with Gasteiger partial charge in [0.25, 0.3) is 5.91 Å². The van der Waals surface area contributed by atoms with Crippen LogP contribution in [0.5, 0.6) is 0 Å². The van der Waals surface area contributed by atoms with E-state index in [4.69, 9.17) is 23.2 Å². The lowest BCUT2D eigenvalue weighted by molar-refractivity contribution is -0.137. The molecule has 3 rings (SSSR count). The van der Waals surface area contributed by atoms with Gasteiger partial charge in [-0.3, -0.25) is 9.59 Å². The molecule has 0 aliphatic rings. The van der Waals surface area contributed by atoms with E-state index in [-0.39, 0.29) is 30.8 Å². The minimum Gasteiger partial charge on any atom is -0.481 e. The zero-order valence-corrected chi connectivity index (χ0v) is 23.9. The molecule has 0 heterocycles. The Bertz CT molecular complexity index is 1400. The Labute approximate surface area is 240 Å². The summed E-state index contributed by atoms with van der Waals surface area (Å²) in [6.07, 6.45) is 4.93. The Kier molecular flexibility index (Phi) is 11.0. The van der Waals surface area contributed by atoms with Crippen LogP contribution in [0.15, 0.2) is 61.2 Å². The minimum atomic E-state index is -0.971. The molecule has 3 aromatic rings. The molecular weight excluding hydrogens is 531 g/mol. The van der Waals surface area contributed by atoms with E-state index in [0.29, 0.717) is 52.4 Å². The molecule has 2 unspecified atom stereocenters. The third-order valence-corrected chi connectivity index (χ3v) is 7.90. The van der Waals surface area contributed by atoms with Gasteiger partial charge < -0.3 is 10.0 Å². The van der Waals surface area contributed by atoms with Gasteiger partial charge in [0.1, 0.15) is 0 Å². The summed E-state index contributed by atoms with van der Waals surface area (Å²) in [7, 11) is 0. The van der Waals surface area contributed by atoms with Gasteiger partial charge in [0, 0.05) is 12.6 Å². The number of amides is 1. The molecular formula is C32H34Cl2N2O3. The van der Waals surface area contributed by atoms with Gasteiger partial charge in [-0.25, -0.2) is 0 Å². The summed E-state index contributed by atoms with van der Waals surface area (Å²) >= 11 is 12.5. The molecule has 1 amide bonds. The number of carbonyl (C=O) groups is 2. The van der Waals surface area contributed by atoms with Crippen molar-refractivity contribution in [1.82, 2.24) is 4.90 Å². The molecule has 0 aliphatic heterocycles. The Morgan fingerprint density at radius 3 is 2.49 bits per heavy atom. The maximum Gasteiger partial charge on any atom is 0.305 e. The number of nitriles is 1. The maximum absolute atomic E-state index is 14.5. The average molecular weight is 566 g/mol. The summed E-state index contributed by atoms with van der Waals surface area (Å²) in [5.41, 5.74) is 2.62. The molecule has 0 radical (unpaired) electrons. The first kappa shape index (κ1) is 30.2. The monoisotopic (exact) mass is 564 g/mol. The van der Waals surface area contributed by atoms with Crippen LogP contribution in [0.4, 0.5) is 0 Å². The predicted molar refractivity (Wildman–Crippen MR) is 159 cm³/mol. The molecule has 0 saturated heterocycles. The summed E-state index contributed by atoms with van der Waals surface area (Å²) in [5, 5.41) is 21.9. The summed E-state index contributed by atoms with van der Waals surface area (Å²) in [6, 6.07) is 16.9. The van der Waals surface area contributed by atoms with Gasteiger partial charge in [-0.1, -0.05) is 79.9 Å². The zero-order valence-electron chi connectivity index (χ0n) is 22.4. The number of rotatable bonds is 13. The number of carbonyl (C=O) groups excluding carboxylic acids is 1. The van der Waals surface area contributed by atoms with Gasteiger partial charge >= 0.3 is 5.97 Å². The van der Waals surface area contributed by atoms with Gasteiger partial charge in [-0.15, -0.1) is 6.58 Å². The van der Waals surface area contributed by atoms with Crippen LogP contribution >= 0.6 is 23.2 Å². The number of fused-ring (bicyclic) bond motifs is 1. The number of halogens is 2. The van der Waals surface area contributed by atoms with E-state index in [1.807, 2.05) is 55.5 Å². The third-order valence-electron chi connectivity index (χ3n) is 7.16. The standard InChI is InChI=1S/C32H34Cl2N2O3/c1-4-9-21(22-13-14-28(33)29(34)19-22)18-25(10-5-2)36(16-15-30(37)38)32(39)31-26(6-3)24(20-35)17-23-11-7-8-12-27(23)31/h4,7-8,11-14,17,19,21,25H,1,5-6,9-10,15-16,18H2,2-3H3,(H,37,38). The number of benzene rings is 3. The molecule has 7 heteroatoms. The van der Waals surface area contributed by atoms with Crippen LogP contribution in [0.3, 0.4) is 0 Å². The molecule has 0 aliphatic carbocycles. The quantitative estimate of drug-likeness (QED) is 0.211. The highest BCUT2D eigenvalue weighted by atomic mass is 35.5. The van der Waals surface area contributed by atoms with Crippen LogP contribution in [0.2, 0.25) is 10.0 Å². The van der Waals surface area contributed by atoms with Crippen molar-refractivity contribution in [1.29, 1.82) is 5.26 Å². The number of carboxylic acids is 1. The Morgan fingerprint density at radius 2 is 1.87 bits per heavy atom. The normalized spacial score (nSPS) is 12.5. The molecule has 5 nitrogen and oxygen atoms in total. The highest BCUT2D eigenvalue weighted by Crippen LogP contribution is 2.35. The number of hydrogen-bond acceptors (Lipinski definition) is 3. The van der Waals surface area contributed by atoms with E-state index >= 15 is 0 Å². The predicted octanol–water partition coefficient (Wildman–Crippen LogP) is 8.42. The molecule has 0 fully saturated rings. The second kappa shape index (κ2) is 14.2. The third kappa shape index (κ3) is 7.20. The van der Waals surface area contributed by atoms with Crippen molar-refractivity contribution in [2.75, 3.05) is 6.54 Å². The second-order valence-electron chi connectivity index (χ2n) is 9.68. The topological polar surface area (TPSA) is 81.4 Å². The van der Waals surface area contributed by atoms with Crippen molar-refractivity contribution in [3.05, 3.63) is 93.5 Å². The molecule has 3 aromatic carbocycles. The lowest BCUT2D eigenvalue weighted by Crippen LogP contribution is -2.43. The van der Waals surface area contributed by atoms with Crippen LogP contribution in [0.25, 0.3) is 10.8 Å². The number of nitrogens with zero attached hydrogens (tertiary/aromatic N) is 2. The van der Waals surface area contributed by atoms with Gasteiger partial charge in [-0.2, -0.15) is 5.26 Å². The number of hydrogen-bond donors (Lipinski definition) is 1. The van der Waals surface area contributed by atoms with E-state index in [1.165, 1.54) is 0 Å². The lowest BCUT2D eigenvalue weighted by atomic mass is 9.86. The van der Waals surface area contributed by atoms with E-state index in [1.54, 1.807) is 11.0 Å². The number of aliphatic carboxylic acids is 1. The summed E-state index contributed by atoms with van der Waals surface area (Å²) in [5.74, 6) is -1.21. The molecule has 0 spiro atoms. The fourth-order valence-electron chi connectivity index (χ4n) is 5.31. The van der Waals surface area contributed by atoms with E-state index in [9.17, 15) is 20.0 Å². The van der Waals surface area contributed by atoms with E-state index in [2.05, 4.69) is 19.6 Å². The smallest absolute Gasteiger partial charge is 0.305 e. The first-order chi connectivity index (χ1) is 18.7. The Hall–Kier alpha value is -3.33. The highest BCUT2D eigenvalue weighted by Gasteiger charge is 2.30. The fraction of sp³-hybridized carbons (Fsp3) is 0.344. The second-order valence-corrected chi connectivity index (χ2v) is 10.5. The van der Waals surface area contributed by atoms with Crippen molar-refractivity contribution in [3.8, 4) is 6.07 Å². The van der Waals surface area contributed by atoms with Gasteiger partial charge in [0.05, 0.1) is 33.7 Å². The number of allylic oxidation sites excluding steroid dienone is 1. The van der Waals surface area contributed by atoms with Crippen LogP contribution in [0.1, 0.15) is 78.9 Å². The van der Waals surface area contributed by atoms with Crippen molar-refractivity contribution in [2.24, 2.45) is 0 Å². The van der Waals surface area contributed by atoms with Crippen molar-refractivity contribution < 1.29 is 14.7 Å². The zero-order chi connectivity index (χ0) is 28.5. The average Bonchev–Trinajstić information content (AvgIpc) is 2.92. The molecule has 0 aromatic heterocycles. The highest BCUT2D eigenvalue weighted by molar-refractivity contribution is 6.42. The van der Waals surface area contributed by atoms with Crippen LogP contribution in [0, 0.1) is 11.3 Å². The van der Waals surface area contributed by atoms with Gasteiger partial charge in [0.2, 0.25) is 0 Å². The molecule has 204 valence electrons. The molecule has 0 saturated carbocycles. The first-order valence-electron chi connectivity index (χ1n) is 13.3. The lowest BCUT2D eigenvalue weighted by Gasteiger charge is -2.35. The number of carboxylic acid groups (broad SMARTS) is 1. The minimum absolute atomic E-state index is 0.00165. The maximum atomic E-state index is 14.5. The van der Waals surface area contributed by atoms with Crippen LogP contribution in [-0.4, -0.2) is 34.5 Å². The SMILES string of the molecule is C=CCC(CC(CCC)N(CCC(=O)O)C(=O)c1c(CC)c(C#N)cc2ccccc12)c1ccc(Cl)c(Cl)c1. The first-order valence-corrected chi connectivity index (χ1v) is 14.0. The van der Waals surface area contributed by atoms with Crippen molar-refractivity contribution in [2.45, 2.75) is 64.3 Å². The molecule has 1 N–H and O–H groups in total. The molecule has 39 heavy (non-hydrogen) atoms. The summed E-state index contributed by atoms with van der Waals surface area (Å²) in [6.45, 7) is 7.98. The van der Waals surface area contributed by atoms with E-state index < -0.39 is 5.97 Å². The Balaban J connectivity index is 2.14. The van der Waals surface area contributed by atoms with Crippen LogP contribution < -0.4 is 0 Å². The fourth-order valence-corrected chi connectivity index (χ4v) is 5.62. The summed E-state index contributed by atoms with van der Waals surface area (Å²) < 4.78 is 0. The Morgan fingerprint density at radius 1 is 1.13 bits per heavy atom. The molecule has 0 bridgehead atoms. The van der Waals surface area contributed by atoms with Gasteiger partial charge in [-0.05, 0) is 71.7 Å². The van der Waals surface area contributed by atoms with E-state index in [0.717, 1.165) is 22.8 Å². The largest absolute Gasteiger partial charge is 0.481 e. The van der Waals surface area contributed by atoms with Crippen molar-refractivity contribution >= 4 is 45.9 Å².